The third kappa shape index (κ3) is 2.67. The zero-order valence-electron chi connectivity index (χ0n) is 11.5. The van der Waals surface area contributed by atoms with Crippen LogP contribution >= 0.6 is 0 Å². The second-order valence-corrected chi connectivity index (χ2v) is 5.04. The molecule has 108 valence electrons. The first-order valence-corrected chi connectivity index (χ1v) is 6.82. The Hall–Kier alpha value is -2.56. The first kappa shape index (κ1) is 13.4. The van der Waals surface area contributed by atoms with Crippen molar-refractivity contribution in [2.75, 3.05) is 29.0 Å². The Morgan fingerprint density at radius 1 is 1.24 bits per heavy atom. The van der Waals surface area contributed by atoms with Gasteiger partial charge in [-0.2, -0.15) is 0 Å². The van der Waals surface area contributed by atoms with Crippen LogP contribution in [-0.4, -0.2) is 19.0 Å². The number of nitrogens with two attached hydrogens (primary N) is 1. The zero-order valence-corrected chi connectivity index (χ0v) is 11.5. The second-order valence-electron chi connectivity index (χ2n) is 5.04. The van der Waals surface area contributed by atoms with Gasteiger partial charge in [-0.15, -0.1) is 0 Å². The summed E-state index contributed by atoms with van der Waals surface area (Å²) in [6, 6.07) is 11.8. The molecule has 4 nitrogen and oxygen atoms in total. The quantitative estimate of drug-likeness (QED) is 0.851. The lowest BCUT2D eigenvalue weighted by molar-refractivity contribution is -0.115. The summed E-state index contributed by atoms with van der Waals surface area (Å²) in [5.41, 5.74) is 8.95. The third-order valence-electron chi connectivity index (χ3n) is 3.64. The normalized spacial score (nSPS) is 13.1. The molecule has 0 aromatic heterocycles. The molecule has 2 aromatic carbocycles. The van der Waals surface area contributed by atoms with E-state index in [4.69, 9.17) is 5.73 Å². The van der Waals surface area contributed by atoms with Gasteiger partial charge < -0.3 is 16.0 Å². The molecule has 21 heavy (non-hydrogen) atoms. The lowest BCUT2D eigenvalue weighted by Crippen LogP contribution is -2.32. The Balaban J connectivity index is 1.70. The predicted molar refractivity (Wildman–Crippen MR) is 81.8 cm³/mol. The molecule has 0 radical (unpaired) electrons. The molecule has 1 aliphatic heterocycles. The maximum Gasteiger partial charge on any atom is 0.243 e. The van der Waals surface area contributed by atoms with Gasteiger partial charge in [0.2, 0.25) is 5.91 Å². The molecule has 0 atom stereocenters. The first-order chi connectivity index (χ1) is 10.1. The molecule has 0 unspecified atom stereocenters. The van der Waals surface area contributed by atoms with Gasteiger partial charge >= 0.3 is 0 Å². The van der Waals surface area contributed by atoms with E-state index in [0.717, 1.165) is 29.9 Å². The summed E-state index contributed by atoms with van der Waals surface area (Å²) < 4.78 is 13.5. The summed E-state index contributed by atoms with van der Waals surface area (Å²) in [6.45, 7) is 0.930. The molecular weight excluding hydrogens is 269 g/mol. The third-order valence-corrected chi connectivity index (χ3v) is 3.64. The van der Waals surface area contributed by atoms with E-state index in [2.05, 4.69) is 5.32 Å². The average molecular weight is 285 g/mol. The number of fused-ring (bicyclic) bond motifs is 1. The van der Waals surface area contributed by atoms with E-state index in [-0.39, 0.29) is 18.1 Å². The summed E-state index contributed by atoms with van der Waals surface area (Å²) in [6.07, 6.45) is 0.828. The Morgan fingerprint density at radius 2 is 2.05 bits per heavy atom. The van der Waals surface area contributed by atoms with Crippen LogP contribution in [0.25, 0.3) is 0 Å². The maximum atomic E-state index is 13.5. The van der Waals surface area contributed by atoms with E-state index in [1.54, 1.807) is 18.2 Å². The molecule has 0 bridgehead atoms. The van der Waals surface area contributed by atoms with Gasteiger partial charge in [0.15, 0.2) is 0 Å². The highest BCUT2D eigenvalue weighted by Crippen LogP contribution is 2.31. The highest BCUT2D eigenvalue weighted by Gasteiger charge is 2.22. The summed E-state index contributed by atoms with van der Waals surface area (Å²) in [7, 11) is 0. The Kier molecular flexibility index (Phi) is 3.48. The summed E-state index contributed by atoms with van der Waals surface area (Å²) in [5, 5.41) is 2.60. The number of nitrogens with one attached hydrogen (secondary N) is 1. The second kappa shape index (κ2) is 5.44. The van der Waals surface area contributed by atoms with Crippen molar-refractivity contribution >= 4 is 23.0 Å². The molecule has 3 rings (SSSR count). The van der Waals surface area contributed by atoms with E-state index in [1.807, 2.05) is 23.1 Å². The molecule has 1 heterocycles. The van der Waals surface area contributed by atoms with E-state index in [0.29, 0.717) is 0 Å². The Morgan fingerprint density at radius 3 is 2.86 bits per heavy atom. The monoisotopic (exact) mass is 285 g/mol. The first-order valence-electron chi connectivity index (χ1n) is 6.82. The fourth-order valence-corrected chi connectivity index (χ4v) is 2.62. The van der Waals surface area contributed by atoms with Crippen LogP contribution < -0.4 is 16.0 Å². The van der Waals surface area contributed by atoms with Crippen molar-refractivity contribution in [1.29, 1.82) is 0 Å². The number of amides is 1. The standard InChI is InChI=1S/C16H16FN3O/c17-12-4-1-2-6-14(12)19-16(21)10-20-9-8-11-13(18)5-3-7-15(11)20/h1-7H,8-10,18H2,(H,19,21). The van der Waals surface area contributed by atoms with Crippen LogP contribution in [0.2, 0.25) is 0 Å². The highest BCUT2D eigenvalue weighted by atomic mass is 19.1. The molecule has 2 aromatic rings. The fraction of sp³-hybridized carbons (Fsp3) is 0.188. The van der Waals surface area contributed by atoms with Crippen molar-refractivity contribution in [3.8, 4) is 0 Å². The van der Waals surface area contributed by atoms with Crippen LogP contribution in [0.3, 0.4) is 0 Å². The van der Waals surface area contributed by atoms with E-state index < -0.39 is 5.82 Å². The van der Waals surface area contributed by atoms with Crippen LogP contribution in [0.1, 0.15) is 5.56 Å². The minimum atomic E-state index is -0.433. The molecule has 0 saturated carbocycles. The lowest BCUT2D eigenvalue weighted by atomic mass is 10.1. The van der Waals surface area contributed by atoms with E-state index in [1.165, 1.54) is 6.07 Å². The van der Waals surface area contributed by atoms with Crippen LogP contribution in [0, 0.1) is 5.82 Å². The van der Waals surface area contributed by atoms with Gasteiger partial charge in [-0.05, 0) is 30.7 Å². The van der Waals surface area contributed by atoms with Crippen molar-refractivity contribution < 1.29 is 9.18 Å². The number of carbonyl (C=O) groups is 1. The van der Waals surface area contributed by atoms with Crippen LogP contribution in [-0.2, 0) is 11.2 Å². The zero-order chi connectivity index (χ0) is 14.8. The minimum absolute atomic E-state index is 0.185. The van der Waals surface area contributed by atoms with Crippen molar-refractivity contribution in [2.24, 2.45) is 0 Å². The van der Waals surface area contributed by atoms with Gasteiger partial charge in [-0.25, -0.2) is 4.39 Å². The van der Waals surface area contributed by atoms with Gasteiger partial charge in [0, 0.05) is 23.5 Å². The van der Waals surface area contributed by atoms with Crippen molar-refractivity contribution in [1.82, 2.24) is 0 Å². The summed E-state index contributed by atoms with van der Waals surface area (Å²) in [4.78, 5) is 14.0. The number of nitrogen functional groups attached to an aromatic ring is 1. The summed E-state index contributed by atoms with van der Waals surface area (Å²) in [5.74, 6) is -0.674. The number of carbonyl (C=O) groups excluding carboxylic acids is 1. The number of hydrogen-bond acceptors (Lipinski definition) is 3. The molecule has 1 aliphatic rings. The molecule has 3 N–H and O–H groups in total. The lowest BCUT2D eigenvalue weighted by Gasteiger charge is -2.19. The predicted octanol–water partition coefficient (Wildman–Crippen LogP) is 2.41. The topological polar surface area (TPSA) is 58.4 Å². The number of hydrogen-bond donors (Lipinski definition) is 2. The number of para-hydroxylation sites is 1. The number of anilines is 3. The highest BCUT2D eigenvalue weighted by molar-refractivity contribution is 5.94. The smallest absolute Gasteiger partial charge is 0.243 e. The molecule has 0 saturated heterocycles. The van der Waals surface area contributed by atoms with Gasteiger partial charge in [-0.3, -0.25) is 4.79 Å². The fourth-order valence-electron chi connectivity index (χ4n) is 2.62. The summed E-state index contributed by atoms with van der Waals surface area (Å²) >= 11 is 0. The number of rotatable bonds is 3. The van der Waals surface area contributed by atoms with Gasteiger partial charge in [0.05, 0.1) is 12.2 Å². The van der Waals surface area contributed by atoms with Crippen molar-refractivity contribution in [2.45, 2.75) is 6.42 Å². The molecule has 1 amide bonds. The van der Waals surface area contributed by atoms with Crippen molar-refractivity contribution in [3.05, 3.63) is 53.8 Å². The van der Waals surface area contributed by atoms with E-state index >= 15 is 0 Å². The Bertz CT molecular complexity index is 687. The van der Waals surface area contributed by atoms with Crippen molar-refractivity contribution in [3.63, 3.8) is 0 Å². The molecule has 0 spiro atoms. The average Bonchev–Trinajstić information content (AvgIpc) is 2.86. The number of halogens is 1. The van der Waals surface area contributed by atoms with Gasteiger partial charge in [0.1, 0.15) is 5.82 Å². The van der Waals surface area contributed by atoms with Crippen LogP contribution in [0.5, 0.6) is 0 Å². The maximum absolute atomic E-state index is 13.5. The minimum Gasteiger partial charge on any atom is -0.398 e. The molecule has 0 fully saturated rings. The van der Waals surface area contributed by atoms with Crippen LogP contribution in [0.15, 0.2) is 42.5 Å². The van der Waals surface area contributed by atoms with Gasteiger partial charge in [0.25, 0.3) is 0 Å². The number of benzene rings is 2. The number of nitrogens with zero attached hydrogens (tertiary/aromatic N) is 1. The van der Waals surface area contributed by atoms with E-state index in [9.17, 15) is 9.18 Å². The van der Waals surface area contributed by atoms with Gasteiger partial charge in [-0.1, -0.05) is 18.2 Å². The Labute approximate surface area is 122 Å². The molecule has 0 aliphatic carbocycles. The molecular formula is C16H16FN3O. The van der Waals surface area contributed by atoms with Crippen LogP contribution in [0.4, 0.5) is 21.5 Å². The largest absolute Gasteiger partial charge is 0.398 e. The SMILES string of the molecule is Nc1cccc2c1CCN2CC(=O)Nc1ccccc1F. The molecule has 5 heteroatoms.